The van der Waals surface area contributed by atoms with Crippen molar-refractivity contribution in [1.82, 2.24) is 15.0 Å². The highest BCUT2D eigenvalue weighted by molar-refractivity contribution is 5.86. The lowest BCUT2D eigenvalue weighted by Crippen LogP contribution is -2.02. The van der Waals surface area contributed by atoms with Crippen LogP contribution in [0.1, 0.15) is 41.5 Å². The first-order valence-electron chi connectivity index (χ1n) is 5.76. The molecule has 2 aromatic rings. The molecule has 5 heteroatoms. The van der Waals surface area contributed by atoms with Gasteiger partial charge in [-0.2, -0.15) is 9.90 Å². The molecule has 0 aliphatic heterocycles. The number of carbonyl (C=O) groups is 1. The quantitative estimate of drug-likeness (QED) is 0.901. The molecule has 1 aromatic carbocycles. The molecule has 0 atom stereocenters. The van der Waals surface area contributed by atoms with Crippen molar-refractivity contribution >= 4 is 5.97 Å². The number of carboxylic acids is 1. The Morgan fingerprint density at radius 2 is 1.83 bits per heavy atom. The highest BCUT2D eigenvalue weighted by Crippen LogP contribution is 2.16. The van der Waals surface area contributed by atoms with E-state index >= 15 is 0 Å². The van der Waals surface area contributed by atoms with Gasteiger partial charge in [-0.15, -0.1) is 5.10 Å². The Labute approximate surface area is 105 Å². The smallest absolute Gasteiger partial charge is 0.358 e. The minimum absolute atomic E-state index is 0.0112. The predicted octanol–water partition coefficient (Wildman–Crippen LogP) is 2.40. The molecule has 0 fully saturated rings. The van der Waals surface area contributed by atoms with Crippen molar-refractivity contribution in [3.63, 3.8) is 0 Å². The van der Waals surface area contributed by atoms with Gasteiger partial charge in [-0.05, 0) is 30.5 Å². The Morgan fingerprint density at radius 3 is 2.28 bits per heavy atom. The van der Waals surface area contributed by atoms with Crippen molar-refractivity contribution in [2.45, 2.75) is 26.7 Å². The maximum absolute atomic E-state index is 10.9. The maximum Gasteiger partial charge on any atom is 0.358 e. The van der Waals surface area contributed by atoms with Crippen LogP contribution >= 0.6 is 0 Å². The largest absolute Gasteiger partial charge is 0.476 e. The van der Waals surface area contributed by atoms with Crippen molar-refractivity contribution in [3.05, 3.63) is 41.2 Å². The molecule has 0 radical (unpaired) electrons. The van der Waals surface area contributed by atoms with Crippen molar-refractivity contribution in [1.29, 1.82) is 0 Å². The number of aryl methyl sites for hydroxylation is 1. The van der Waals surface area contributed by atoms with Gasteiger partial charge in [0.15, 0.2) is 5.69 Å². The van der Waals surface area contributed by atoms with Crippen molar-refractivity contribution in [2.75, 3.05) is 0 Å². The topological polar surface area (TPSA) is 68.0 Å². The molecule has 94 valence electrons. The Kier molecular flexibility index (Phi) is 3.14. The van der Waals surface area contributed by atoms with Gasteiger partial charge < -0.3 is 5.11 Å². The molecule has 0 saturated heterocycles. The molecule has 0 saturated carbocycles. The second-order valence-corrected chi connectivity index (χ2v) is 4.47. The highest BCUT2D eigenvalue weighted by Gasteiger charge is 2.14. The van der Waals surface area contributed by atoms with Gasteiger partial charge in [0.05, 0.1) is 11.4 Å². The average Bonchev–Trinajstić information content (AvgIpc) is 2.71. The number of rotatable bonds is 3. The first kappa shape index (κ1) is 12.3. The van der Waals surface area contributed by atoms with Gasteiger partial charge in [0.1, 0.15) is 0 Å². The third kappa shape index (κ3) is 2.25. The summed E-state index contributed by atoms with van der Waals surface area (Å²) in [5.41, 5.74) is 2.38. The van der Waals surface area contributed by atoms with Gasteiger partial charge in [-0.25, -0.2) is 4.79 Å². The number of benzene rings is 1. The Balaban J connectivity index is 2.37. The van der Waals surface area contributed by atoms with E-state index in [9.17, 15) is 4.79 Å². The monoisotopic (exact) mass is 245 g/mol. The van der Waals surface area contributed by atoms with Crippen LogP contribution in [-0.2, 0) is 0 Å². The van der Waals surface area contributed by atoms with Gasteiger partial charge in [0.2, 0.25) is 0 Å². The molecule has 0 aliphatic rings. The summed E-state index contributed by atoms with van der Waals surface area (Å²) in [4.78, 5) is 12.2. The van der Waals surface area contributed by atoms with Crippen LogP contribution in [0.2, 0.25) is 0 Å². The summed E-state index contributed by atoms with van der Waals surface area (Å²) in [6, 6.07) is 7.78. The van der Waals surface area contributed by atoms with Gasteiger partial charge in [0, 0.05) is 0 Å². The second-order valence-electron chi connectivity index (χ2n) is 4.47. The molecule has 0 bridgehead atoms. The van der Waals surface area contributed by atoms with Crippen LogP contribution in [0.15, 0.2) is 24.3 Å². The van der Waals surface area contributed by atoms with E-state index in [1.807, 2.05) is 24.3 Å². The van der Waals surface area contributed by atoms with Crippen LogP contribution in [0.3, 0.4) is 0 Å². The number of aromatic carboxylic acids is 1. The third-order valence-corrected chi connectivity index (χ3v) is 2.78. The fraction of sp³-hybridized carbons (Fsp3) is 0.308. The van der Waals surface area contributed by atoms with Crippen LogP contribution in [0.5, 0.6) is 0 Å². The molecule has 1 aromatic heterocycles. The van der Waals surface area contributed by atoms with E-state index in [1.54, 1.807) is 6.92 Å². The van der Waals surface area contributed by atoms with Crippen molar-refractivity contribution in [3.8, 4) is 5.69 Å². The standard InChI is InChI=1S/C13H15N3O2/c1-8(2)10-4-6-11(7-5-10)16-14-9(3)12(15-16)13(17)18/h4-8H,1-3H3,(H,17,18). The molecule has 0 aliphatic carbocycles. The average molecular weight is 245 g/mol. The number of nitrogens with zero attached hydrogens (tertiary/aromatic N) is 3. The Bertz CT molecular complexity index is 570. The molecule has 0 unspecified atom stereocenters. The van der Waals surface area contributed by atoms with E-state index < -0.39 is 5.97 Å². The first-order valence-corrected chi connectivity index (χ1v) is 5.76. The number of hydrogen-bond acceptors (Lipinski definition) is 3. The van der Waals surface area contributed by atoms with E-state index in [2.05, 4.69) is 24.0 Å². The number of carboxylic acid groups (broad SMARTS) is 1. The summed E-state index contributed by atoms with van der Waals surface area (Å²) in [5, 5.41) is 17.0. The molecule has 5 nitrogen and oxygen atoms in total. The molecule has 1 N–H and O–H groups in total. The lowest BCUT2D eigenvalue weighted by Gasteiger charge is -2.05. The highest BCUT2D eigenvalue weighted by atomic mass is 16.4. The summed E-state index contributed by atoms with van der Waals surface area (Å²) >= 11 is 0. The minimum Gasteiger partial charge on any atom is -0.476 e. The van der Waals surface area contributed by atoms with Gasteiger partial charge in [-0.3, -0.25) is 0 Å². The zero-order valence-electron chi connectivity index (χ0n) is 10.6. The normalized spacial score (nSPS) is 10.9. The van der Waals surface area contributed by atoms with Crippen LogP contribution in [0.4, 0.5) is 0 Å². The maximum atomic E-state index is 10.9. The molecule has 0 amide bonds. The zero-order chi connectivity index (χ0) is 13.3. The zero-order valence-corrected chi connectivity index (χ0v) is 10.6. The summed E-state index contributed by atoms with van der Waals surface area (Å²) in [7, 11) is 0. The van der Waals surface area contributed by atoms with Gasteiger partial charge in [0.25, 0.3) is 0 Å². The fourth-order valence-electron chi connectivity index (χ4n) is 1.68. The molecular weight excluding hydrogens is 230 g/mol. The predicted molar refractivity (Wildman–Crippen MR) is 67.1 cm³/mol. The molecule has 2 rings (SSSR count). The van der Waals surface area contributed by atoms with Crippen LogP contribution < -0.4 is 0 Å². The van der Waals surface area contributed by atoms with E-state index in [1.165, 1.54) is 10.4 Å². The SMILES string of the molecule is Cc1nn(-c2ccc(C(C)C)cc2)nc1C(=O)O. The van der Waals surface area contributed by atoms with Crippen LogP contribution in [-0.4, -0.2) is 26.1 Å². The summed E-state index contributed by atoms with van der Waals surface area (Å²) < 4.78 is 0. The summed E-state index contributed by atoms with van der Waals surface area (Å²) in [5.74, 6) is -0.599. The Hall–Kier alpha value is -2.17. The van der Waals surface area contributed by atoms with Gasteiger partial charge in [-0.1, -0.05) is 26.0 Å². The minimum atomic E-state index is -1.06. The summed E-state index contributed by atoms with van der Waals surface area (Å²) in [6.45, 7) is 5.87. The lowest BCUT2D eigenvalue weighted by atomic mass is 10.0. The first-order chi connectivity index (χ1) is 8.49. The van der Waals surface area contributed by atoms with E-state index in [0.717, 1.165) is 5.69 Å². The fourth-order valence-corrected chi connectivity index (χ4v) is 1.68. The second kappa shape index (κ2) is 4.60. The van der Waals surface area contributed by atoms with Crippen LogP contribution in [0.25, 0.3) is 5.69 Å². The molecular formula is C13H15N3O2. The van der Waals surface area contributed by atoms with E-state index in [-0.39, 0.29) is 5.69 Å². The number of hydrogen-bond donors (Lipinski definition) is 1. The van der Waals surface area contributed by atoms with Gasteiger partial charge >= 0.3 is 5.97 Å². The Morgan fingerprint density at radius 1 is 1.22 bits per heavy atom. The number of aromatic nitrogens is 3. The summed E-state index contributed by atoms with van der Waals surface area (Å²) in [6.07, 6.45) is 0. The molecule has 0 spiro atoms. The van der Waals surface area contributed by atoms with E-state index in [0.29, 0.717) is 11.6 Å². The molecule has 18 heavy (non-hydrogen) atoms. The van der Waals surface area contributed by atoms with Crippen molar-refractivity contribution < 1.29 is 9.90 Å². The van der Waals surface area contributed by atoms with E-state index in [4.69, 9.17) is 5.11 Å². The van der Waals surface area contributed by atoms with Crippen molar-refractivity contribution in [2.24, 2.45) is 0 Å². The third-order valence-electron chi connectivity index (χ3n) is 2.78. The van der Waals surface area contributed by atoms with Crippen LogP contribution in [0, 0.1) is 6.92 Å². The lowest BCUT2D eigenvalue weighted by molar-refractivity contribution is 0.0689. The molecule has 1 heterocycles.